The van der Waals surface area contributed by atoms with Crippen molar-refractivity contribution in [3.8, 4) is 5.88 Å². The largest absolute Gasteiger partial charge is 0.481 e. The van der Waals surface area contributed by atoms with Gasteiger partial charge in [-0.3, -0.25) is 4.98 Å². The standard InChI is InChI=1S/C19H24N4O/c1-6-16-15(19(24-5)23(4)22-16)11-20-18-12(2)13(3)21-17-10-8-7-9-14(17)18/h7-10H,6,11H2,1-5H3,(H,20,21). The first-order chi connectivity index (χ1) is 11.6. The molecule has 0 aliphatic carbocycles. The molecule has 5 heteroatoms. The number of hydrogen-bond donors (Lipinski definition) is 1. The molecule has 0 saturated carbocycles. The molecule has 0 fully saturated rings. The van der Waals surface area contributed by atoms with E-state index in [1.54, 1.807) is 11.8 Å². The van der Waals surface area contributed by atoms with Gasteiger partial charge in [-0.25, -0.2) is 4.68 Å². The Bertz CT molecular complexity index is 883. The quantitative estimate of drug-likeness (QED) is 0.776. The number of aromatic nitrogens is 3. The molecule has 0 unspecified atom stereocenters. The summed E-state index contributed by atoms with van der Waals surface area (Å²) in [6.07, 6.45) is 0.878. The lowest BCUT2D eigenvalue weighted by Crippen LogP contribution is -2.06. The van der Waals surface area contributed by atoms with E-state index in [0.29, 0.717) is 6.54 Å². The van der Waals surface area contributed by atoms with E-state index in [2.05, 4.69) is 48.3 Å². The second kappa shape index (κ2) is 6.51. The molecule has 0 spiro atoms. The molecule has 0 radical (unpaired) electrons. The van der Waals surface area contributed by atoms with Gasteiger partial charge in [-0.2, -0.15) is 5.10 Å². The number of hydrogen-bond acceptors (Lipinski definition) is 4. The van der Waals surface area contributed by atoms with Crippen LogP contribution in [-0.2, 0) is 20.0 Å². The van der Waals surface area contributed by atoms with Crippen molar-refractivity contribution in [1.29, 1.82) is 0 Å². The monoisotopic (exact) mass is 324 g/mol. The lowest BCUT2D eigenvalue weighted by molar-refractivity contribution is 0.370. The van der Waals surface area contributed by atoms with Crippen molar-refractivity contribution >= 4 is 16.6 Å². The Hall–Kier alpha value is -2.56. The third-order valence-electron chi connectivity index (χ3n) is 4.52. The van der Waals surface area contributed by atoms with Crippen LogP contribution in [0.1, 0.15) is 29.4 Å². The highest BCUT2D eigenvalue weighted by molar-refractivity contribution is 5.93. The number of anilines is 1. The molecule has 0 bridgehead atoms. The van der Waals surface area contributed by atoms with Crippen LogP contribution in [0.5, 0.6) is 5.88 Å². The first-order valence-corrected chi connectivity index (χ1v) is 8.25. The zero-order valence-electron chi connectivity index (χ0n) is 15.0. The number of methoxy groups -OCH3 is 1. The number of fused-ring (bicyclic) bond motifs is 1. The highest BCUT2D eigenvalue weighted by Crippen LogP contribution is 2.30. The Kier molecular flexibility index (Phi) is 4.42. The second-order valence-electron chi connectivity index (χ2n) is 5.98. The second-order valence-corrected chi connectivity index (χ2v) is 5.98. The number of benzene rings is 1. The van der Waals surface area contributed by atoms with Gasteiger partial charge in [0.2, 0.25) is 5.88 Å². The Balaban J connectivity index is 2.02. The van der Waals surface area contributed by atoms with Gasteiger partial charge in [-0.1, -0.05) is 25.1 Å². The molecule has 3 rings (SSSR count). The molecular weight excluding hydrogens is 300 g/mol. The van der Waals surface area contributed by atoms with E-state index < -0.39 is 0 Å². The van der Waals surface area contributed by atoms with Crippen LogP contribution in [0.2, 0.25) is 0 Å². The maximum absolute atomic E-state index is 5.54. The van der Waals surface area contributed by atoms with E-state index in [0.717, 1.165) is 45.8 Å². The van der Waals surface area contributed by atoms with Gasteiger partial charge in [0.15, 0.2) is 0 Å². The Morgan fingerprint density at radius 2 is 1.96 bits per heavy atom. The van der Waals surface area contributed by atoms with Gasteiger partial charge in [0.1, 0.15) is 0 Å². The van der Waals surface area contributed by atoms with Crippen molar-refractivity contribution in [2.75, 3.05) is 12.4 Å². The molecule has 0 aliphatic rings. The molecule has 2 heterocycles. The molecule has 5 nitrogen and oxygen atoms in total. The highest BCUT2D eigenvalue weighted by Gasteiger charge is 2.16. The van der Waals surface area contributed by atoms with Crippen LogP contribution in [0.4, 0.5) is 5.69 Å². The molecular formula is C19H24N4O. The third-order valence-corrected chi connectivity index (χ3v) is 4.52. The minimum atomic E-state index is 0.675. The van der Waals surface area contributed by atoms with Gasteiger partial charge < -0.3 is 10.1 Å². The Labute approximate surface area is 142 Å². The van der Waals surface area contributed by atoms with Crippen molar-refractivity contribution in [3.63, 3.8) is 0 Å². The SMILES string of the molecule is CCc1nn(C)c(OC)c1CNc1c(C)c(C)nc2ccccc12. The van der Waals surface area contributed by atoms with Crippen LogP contribution in [0.25, 0.3) is 10.9 Å². The number of nitrogens with one attached hydrogen (secondary N) is 1. The lowest BCUT2D eigenvalue weighted by Gasteiger charge is -2.15. The molecule has 0 aliphatic heterocycles. The molecule has 1 N–H and O–H groups in total. The molecule has 2 aromatic heterocycles. The number of aryl methyl sites for hydroxylation is 3. The van der Waals surface area contributed by atoms with Gasteiger partial charge in [-0.05, 0) is 31.9 Å². The van der Waals surface area contributed by atoms with E-state index in [4.69, 9.17) is 4.74 Å². The fourth-order valence-corrected chi connectivity index (χ4v) is 3.16. The molecule has 24 heavy (non-hydrogen) atoms. The normalized spacial score (nSPS) is 11.0. The predicted molar refractivity (Wildman–Crippen MR) is 97.7 cm³/mol. The maximum atomic E-state index is 5.54. The van der Waals surface area contributed by atoms with Crippen LogP contribution < -0.4 is 10.1 Å². The number of nitrogens with zero attached hydrogens (tertiary/aromatic N) is 3. The van der Waals surface area contributed by atoms with Gasteiger partial charge in [-0.15, -0.1) is 0 Å². The van der Waals surface area contributed by atoms with E-state index in [1.165, 1.54) is 5.56 Å². The van der Waals surface area contributed by atoms with Crippen molar-refractivity contribution in [2.24, 2.45) is 7.05 Å². The number of rotatable bonds is 5. The Morgan fingerprint density at radius 3 is 2.67 bits per heavy atom. The van der Waals surface area contributed by atoms with Crippen LogP contribution in [0.3, 0.4) is 0 Å². The summed E-state index contributed by atoms with van der Waals surface area (Å²) in [6, 6.07) is 8.23. The zero-order valence-corrected chi connectivity index (χ0v) is 15.0. The first kappa shape index (κ1) is 16.3. The molecule has 1 aromatic carbocycles. The van der Waals surface area contributed by atoms with Crippen molar-refractivity contribution < 1.29 is 4.74 Å². The topological polar surface area (TPSA) is 52.0 Å². The smallest absolute Gasteiger partial charge is 0.216 e. The zero-order chi connectivity index (χ0) is 17.3. The lowest BCUT2D eigenvalue weighted by atomic mass is 10.1. The van der Waals surface area contributed by atoms with Crippen LogP contribution >= 0.6 is 0 Å². The van der Waals surface area contributed by atoms with Gasteiger partial charge >= 0.3 is 0 Å². The minimum Gasteiger partial charge on any atom is -0.481 e. The first-order valence-electron chi connectivity index (χ1n) is 8.25. The summed E-state index contributed by atoms with van der Waals surface area (Å²) in [4.78, 5) is 4.68. The fraction of sp³-hybridized carbons (Fsp3) is 0.368. The van der Waals surface area contributed by atoms with Gasteiger partial charge in [0, 0.05) is 30.4 Å². The fourth-order valence-electron chi connectivity index (χ4n) is 3.16. The summed E-state index contributed by atoms with van der Waals surface area (Å²) in [6.45, 7) is 6.95. The number of pyridine rings is 1. The van der Waals surface area contributed by atoms with Crippen molar-refractivity contribution in [3.05, 3.63) is 46.8 Å². The van der Waals surface area contributed by atoms with E-state index in [1.807, 2.05) is 19.2 Å². The average molecular weight is 324 g/mol. The van der Waals surface area contributed by atoms with E-state index >= 15 is 0 Å². The number of para-hydroxylation sites is 1. The summed E-state index contributed by atoms with van der Waals surface area (Å²) >= 11 is 0. The summed E-state index contributed by atoms with van der Waals surface area (Å²) in [7, 11) is 3.61. The summed E-state index contributed by atoms with van der Waals surface area (Å²) in [5.74, 6) is 0.812. The van der Waals surface area contributed by atoms with Crippen LogP contribution in [-0.4, -0.2) is 21.9 Å². The molecule has 3 aromatic rings. The average Bonchev–Trinajstić information content (AvgIpc) is 2.90. The van der Waals surface area contributed by atoms with Crippen molar-refractivity contribution in [2.45, 2.75) is 33.7 Å². The minimum absolute atomic E-state index is 0.675. The molecule has 0 saturated heterocycles. The summed E-state index contributed by atoms with van der Waals surface area (Å²) in [5.41, 5.74) is 6.54. The molecule has 0 amide bonds. The van der Waals surface area contributed by atoms with Gasteiger partial charge in [0.25, 0.3) is 0 Å². The maximum Gasteiger partial charge on any atom is 0.216 e. The number of ether oxygens (including phenoxy) is 1. The van der Waals surface area contributed by atoms with Gasteiger partial charge in [0.05, 0.1) is 23.9 Å². The third kappa shape index (κ3) is 2.70. The summed E-state index contributed by atoms with van der Waals surface area (Å²) < 4.78 is 7.34. The molecule has 126 valence electrons. The Morgan fingerprint density at radius 1 is 1.21 bits per heavy atom. The van der Waals surface area contributed by atoms with E-state index in [9.17, 15) is 0 Å². The van der Waals surface area contributed by atoms with Crippen molar-refractivity contribution in [1.82, 2.24) is 14.8 Å². The molecule has 0 atom stereocenters. The van der Waals surface area contributed by atoms with E-state index in [-0.39, 0.29) is 0 Å². The van der Waals surface area contributed by atoms with Crippen LogP contribution in [0, 0.1) is 13.8 Å². The summed E-state index contributed by atoms with van der Waals surface area (Å²) in [5, 5.41) is 9.30. The predicted octanol–water partition coefficient (Wildman–Crippen LogP) is 3.77. The highest BCUT2D eigenvalue weighted by atomic mass is 16.5. The van der Waals surface area contributed by atoms with Crippen LogP contribution in [0.15, 0.2) is 24.3 Å².